The number of amides is 2. The summed E-state index contributed by atoms with van der Waals surface area (Å²) in [5.41, 5.74) is 2.65. The number of rotatable bonds is 6. The number of anilines is 1. The molecule has 0 radical (unpaired) electrons. The van der Waals surface area contributed by atoms with Crippen LogP contribution in [0.2, 0.25) is 0 Å². The number of nitro groups is 1. The molecule has 1 aliphatic heterocycles. The predicted octanol–water partition coefficient (Wildman–Crippen LogP) is 3.56. The molecule has 1 aliphatic rings. The van der Waals surface area contributed by atoms with Crippen LogP contribution in [0, 0.1) is 30.9 Å². The van der Waals surface area contributed by atoms with Crippen molar-refractivity contribution in [2.75, 3.05) is 31.6 Å². The third-order valence-corrected chi connectivity index (χ3v) is 7.02. The fourth-order valence-electron chi connectivity index (χ4n) is 4.06. The SMILES string of the molecule is Cc1nn(CC(=O)Nc2sc(-c3ccccc3)c(C)c2C(=O)N2CCOCC2)c(C)c1[N+](=O)[O-]. The molecule has 3 aromatic rings. The number of nitrogens with zero attached hydrogens (tertiary/aromatic N) is 4. The van der Waals surface area contributed by atoms with Crippen molar-refractivity contribution in [1.29, 1.82) is 0 Å². The molecule has 0 saturated carbocycles. The van der Waals surface area contributed by atoms with Gasteiger partial charge in [-0.1, -0.05) is 30.3 Å². The van der Waals surface area contributed by atoms with Gasteiger partial charge in [-0.15, -0.1) is 11.3 Å². The number of carbonyl (C=O) groups is 2. The minimum absolute atomic E-state index is 0.102. The van der Waals surface area contributed by atoms with E-state index >= 15 is 0 Å². The molecule has 0 spiro atoms. The van der Waals surface area contributed by atoms with Crippen LogP contribution in [-0.4, -0.2) is 57.7 Å². The number of aryl methyl sites for hydroxylation is 1. The summed E-state index contributed by atoms with van der Waals surface area (Å²) in [6, 6.07) is 9.69. The molecule has 0 aliphatic carbocycles. The molecular formula is C23H25N5O5S. The number of aromatic nitrogens is 2. The molecule has 2 aromatic heterocycles. The molecule has 1 N–H and O–H groups in total. The average molecular weight is 484 g/mol. The predicted molar refractivity (Wildman–Crippen MR) is 128 cm³/mol. The van der Waals surface area contributed by atoms with Gasteiger partial charge < -0.3 is 15.0 Å². The van der Waals surface area contributed by atoms with Crippen LogP contribution >= 0.6 is 11.3 Å². The summed E-state index contributed by atoms with van der Waals surface area (Å²) in [4.78, 5) is 39.8. The van der Waals surface area contributed by atoms with Crippen molar-refractivity contribution in [3.63, 3.8) is 0 Å². The Hall–Kier alpha value is -3.57. The summed E-state index contributed by atoms with van der Waals surface area (Å²) in [5, 5.41) is 18.7. The van der Waals surface area contributed by atoms with E-state index in [1.54, 1.807) is 11.8 Å². The van der Waals surface area contributed by atoms with Crippen LogP contribution in [0.25, 0.3) is 10.4 Å². The lowest BCUT2D eigenvalue weighted by atomic mass is 10.1. The van der Waals surface area contributed by atoms with Gasteiger partial charge in [0.1, 0.15) is 22.9 Å². The average Bonchev–Trinajstić information content (AvgIpc) is 3.29. The number of hydrogen-bond acceptors (Lipinski definition) is 7. The molecule has 4 rings (SSSR count). The van der Waals surface area contributed by atoms with Crippen LogP contribution in [0.1, 0.15) is 27.3 Å². The number of morpholine rings is 1. The topological polar surface area (TPSA) is 120 Å². The molecule has 0 bridgehead atoms. The minimum atomic E-state index is -0.500. The summed E-state index contributed by atoms with van der Waals surface area (Å²) in [6.45, 7) is 6.68. The van der Waals surface area contributed by atoms with Gasteiger partial charge in [-0.3, -0.25) is 24.4 Å². The van der Waals surface area contributed by atoms with Gasteiger partial charge in [0.25, 0.3) is 5.91 Å². The number of carbonyl (C=O) groups excluding carboxylic acids is 2. The smallest absolute Gasteiger partial charge is 0.312 e. The summed E-state index contributed by atoms with van der Waals surface area (Å²) in [5.74, 6) is -0.575. The Kier molecular flexibility index (Phi) is 6.75. The molecule has 34 heavy (non-hydrogen) atoms. The lowest BCUT2D eigenvalue weighted by Gasteiger charge is -2.27. The number of ether oxygens (including phenoxy) is 1. The third-order valence-electron chi connectivity index (χ3n) is 5.77. The standard InChI is InChI=1S/C23H25N5O5S/c1-14-19(23(30)26-9-11-33-12-10-26)22(34-21(14)17-7-5-4-6-8-17)24-18(29)13-27-16(3)20(28(31)32)15(2)25-27/h4-8H,9-13H2,1-3H3,(H,24,29). The lowest BCUT2D eigenvalue weighted by molar-refractivity contribution is -0.386. The fraction of sp³-hybridized carbons (Fsp3) is 0.348. The second-order valence-electron chi connectivity index (χ2n) is 8.01. The molecule has 11 heteroatoms. The molecule has 1 aromatic carbocycles. The maximum Gasteiger partial charge on any atom is 0.312 e. The molecule has 0 unspecified atom stereocenters. The molecule has 178 valence electrons. The van der Waals surface area contributed by atoms with Crippen LogP contribution in [0.5, 0.6) is 0 Å². The van der Waals surface area contributed by atoms with Gasteiger partial charge in [0.2, 0.25) is 5.91 Å². The summed E-state index contributed by atoms with van der Waals surface area (Å²) >= 11 is 1.34. The molecule has 3 heterocycles. The van der Waals surface area contributed by atoms with E-state index in [0.717, 1.165) is 16.0 Å². The second kappa shape index (κ2) is 9.74. The fourth-order valence-corrected chi connectivity index (χ4v) is 5.28. The van der Waals surface area contributed by atoms with Crippen molar-refractivity contribution in [3.05, 3.63) is 63.0 Å². The van der Waals surface area contributed by atoms with E-state index in [9.17, 15) is 19.7 Å². The highest BCUT2D eigenvalue weighted by molar-refractivity contribution is 7.20. The zero-order valence-electron chi connectivity index (χ0n) is 19.2. The van der Waals surface area contributed by atoms with Crippen LogP contribution in [0.3, 0.4) is 0 Å². The summed E-state index contributed by atoms with van der Waals surface area (Å²) in [7, 11) is 0. The molecule has 1 saturated heterocycles. The largest absolute Gasteiger partial charge is 0.378 e. The number of nitrogens with one attached hydrogen (secondary N) is 1. The highest BCUT2D eigenvalue weighted by atomic mass is 32.1. The highest BCUT2D eigenvalue weighted by Gasteiger charge is 2.29. The van der Waals surface area contributed by atoms with Crippen molar-refractivity contribution in [3.8, 4) is 10.4 Å². The zero-order chi connectivity index (χ0) is 24.4. The highest BCUT2D eigenvalue weighted by Crippen LogP contribution is 2.40. The van der Waals surface area contributed by atoms with E-state index in [2.05, 4.69) is 10.4 Å². The first-order valence-electron chi connectivity index (χ1n) is 10.8. The van der Waals surface area contributed by atoms with E-state index in [1.165, 1.54) is 22.9 Å². The van der Waals surface area contributed by atoms with Gasteiger partial charge >= 0.3 is 5.69 Å². The Labute approximate surface area is 200 Å². The molecule has 10 nitrogen and oxygen atoms in total. The van der Waals surface area contributed by atoms with Crippen molar-refractivity contribution in [2.24, 2.45) is 0 Å². The van der Waals surface area contributed by atoms with Gasteiger partial charge in [0, 0.05) is 18.0 Å². The zero-order valence-corrected chi connectivity index (χ0v) is 20.0. The van der Waals surface area contributed by atoms with Crippen LogP contribution in [-0.2, 0) is 16.1 Å². The van der Waals surface area contributed by atoms with Crippen LogP contribution < -0.4 is 5.32 Å². The van der Waals surface area contributed by atoms with Crippen molar-refractivity contribution in [1.82, 2.24) is 14.7 Å². The Morgan fingerprint density at radius 1 is 1.18 bits per heavy atom. The first-order chi connectivity index (χ1) is 16.3. The maximum atomic E-state index is 13.4. The lowest BCUT2D eigenvalue weighted by Crippen LogP contribution is -2.41. The molecule has 1 fully saturated rings. The third kappa shape index (κ3) is 4.57. The van der Waals surface area contributed by atoms with Gasteiger partial charge in [-0.25, -0.2) is 0 Å². The van der Waals surface area contributed by atoms with Crippen LogP contribution in [0.15, 0.2) is 30.3 Å². The second-order valence-corrected chi connectivity index (χ2v) is 9.03. The van der Waals surface area contributed by atoms with E-state index in [-0.39, 0.29) is 23.8 Å². The summed E-state index contributed by atoms with van der Waals surface area (Å²) < 4.78 is 6.68. The van der Waals surface area contributed by atoms with Gasteiger partial charge in [-0.2, -0.15) is 5.10 Å². The van der Waals surface area contributed by atoms with E-state index < -0.39 is 10.8 Å². The molecule has 0 atom stereocenters. The first kappa shape index (κ1) is 23.6. The van der Waals surface area contributed by atoms with E-state index in [0.29, 0.717) is 42.6 Å². The Bertz CT molecular complexity index is 1240. The quantitative estimate of drug-likeness (QED) is 0.423. The monoisotopic (exact) mass is 483 g/mol. The normalized spacial score (nSPS) is 13.7. The van der Waals surface area contributed by atoms with Crippen molar-refractivity contribution in [2.45, 2.75) is 27.3 Å². The Morgan fingerprint density at radius 3 is 2.47 bits per heavy atom. The van der Waals surface area contributed by atoms with Crippen LogP contribution in [0.4, 0.5) is 10.7 Å². The van der Waals surface area contributed by atoms with Gasteiger partial charge in [-0.05, 0) is 31.9 Å². The van der Waals surface area contributed by atoms with E-state index in [1.807, 2.05) is 37.3 Å². The van der Waals surface area contributed by atoms with Crippen molar-refractivity contribution < 1.29 is 19.2 Å². The first-order valence-corrected chi connectivity index (χ1v) is 11.6. The van der Waals surface area contributed by atoms with Gasteiger partial charge in [0.15, 0.2) is 0 Å². The van der Waals surface area contributed by atoms with E-state index in [4.69, 9.17) is 4.74 Å². The maximum absolute atomic E-state index is 13.4. The molecule has 2 amide bonds. The Balaban J connectivity index is 1.66. The van der Waals surface area contributed by atoms with Gasteiger partial charge in [0.05, 0.1) is 23.7 Å². The minimum Gasteiger partial charge on any atom is -0.378 e. The molecular weight excluding hydrogens is 458 g/mol. The number of benzene rings is 1. The van der Waals surface area contributed by atoms with Crippen molar-refractivity contribution >= 4 is 33.8 Å². The number of hydrogen-bond donors (Lipinski definition) is 1. The Morgan fingerprint density at radius 2 is 1.85 bits per heavy atom. The number of thiophene rings is 1. The summed E-state index contributed by atoms with van der Waals surface area (Å²) in [6.07, 6.45) is 0.